The Morgan fingerprint density at radius 1 is 1.15 bits per heavy atom. The maximum absolute atomic E-state index is 13.3. The topological polar surface area (TPSA) is 75.9 Å². The summed E-state index contributed by atoms with van der Waals surface area (Å²) in [6.45, 7) is 5.55. The van der Waals surface area contributed by atoms with E-state index >= 15 is 0 Å². The predicted molar refractivity (Wildman–Crippen MR) is 141 cm³/mol. The number of ether oxygens (including phenoxy) is 1. The molecule has 0 bridgehead atoms. The number of amides is 1. The van der Waals surface area contributed by atoms with Gasteiger partial charge in [-0.25, -0.2) is 4.98 Å². The number of nitrogens with one attached hydrogen (secondary N) is 1. The Kier molecular flexibility index (Phi) is 7.77. The van der Waals surface area contributed by atoms with Crippen molar-refractivity contribution in [3.05, 3.63) is 81.1 Å². The van der Waals surface area contributed by atoms with Crippen molar-refractivity contribution in [1.29, 1.82) is 0 Å². The number of anilines is 1. The van der Waals surface area contributed by atoms with Gasteiger partial charge in [0.1, 0.15) is 15.8 Å². The number of rotatable bonds is 9. The third-order valence-electron chi connectivity index (χ3n) is 5.17. The lowest BCUT2D eigenvalue weighted by Crippen LogP contribution is -2.27. The van der Waals surface area contributed by atoms with E-state index in [0.29, 0.717) is 46.0 Å². The van der Waals surface area contributed by atoms with E-state index in [2.05, 4.69) is 10.3 Å². The Labute approximate surface area is 207 Å². The van der Waals surface area contributed by atoms with E-state index in [9.17, 15) is 9.59 Å². The van der Waals surface area contributed by atoms with Crippen LogP contribution in [0.5, 0.6) is 0 Å². The lowest BCUT2D eigenvalue weighted by atomic mass is 10.2. The van der Waals surface area contributed by atoms with E-state index in [1.807, 2.05) is 50.2 Å². The van der Waals surface area contributed by atoms with Crippen molar-refractivity contribution in [2.75, 3.05) is 18.5 Å². The van der Waals surface area contributed by atoms with E-state index in [-0.39, 0.29) is 17.6 Å². The van der Waals surface area contributed by atoms with Crippen molar-refractivity contribution in [2.24, 2.45) is 0 Å². The van der Waals surface area contributed by atoms with Gasteiger partial charge in [-0.05, 0) is 44.0 Å². The molecule has 1 aliphatic heterocycles. The monoisotopic (exact) mass is 494 g/mol. The molecular weight excluding hydrogens is 468 g/mol. The normalized spacial score (nSPS) is 15.1. The molecule has 2 aromatic heterocycles. The smallest absolute Gasteiger partial charge is 0.267 e. The first-order valence-electron chi connectivity index (χ1n) is 11.1. The minimum Gasteiger partial charge on any atom is -0.379 e. The summed E-state index contributed by atoms with van der Waals surface area (Å²) in [7, 11) is 0. The molecule has 1 amide bonds. The zero-order chi connectivity index (χ0) is 24.1. The lowest BCUT2D eigenvalue weighted by molar-refractivity contribution is -0.122. The van der Waals surface area contributed by atoms with Gasteiger partial charge in [-0.2, -0.15) is 0 Å². The summed E-state index contributed by atoms with van der Waals surface area (Å²) in [4.78, 5) is 33.1. The van der Waals surface area contributed by atoms with E-state index < -0.39 is 0 Å². The van der Waals surface area contributed by atoms with Gasteiger partial charge in [-0.15, -0.1) is 0 Å². The van der Waals surface area contributed by atoms with Crippen LogP contribution < -0.4 is 10.9 Å². The average molecular weight is 495 g/mol. The Morgan fingerprint density at radius 3 is 2.68 bits per heavy atom. The lowest BCUT2D eigenvalue weighted by Gasteiger charge is -2.14. The summed E-state index contributed by atoms with van der Waals surface area (Å²) >= 11 is 6.67. The molecule has 9 heteroatoms. The first-order valence-corrected chi connectivity index (χ1v) is 12.3. The van der Waals surface area contributed by atoms with Crippen LogP contribution in [0.4, 0.5) is 5.82 Å². The van der Waals surface area contributed by atoms with E-state index in [0.717, 1.165) is 12.0 Å². The molecule has 34 heavy (non-hydrogen) atoms. The van der Waals surface area contributed by atoms with Crippen LogP contribution in [0, 0.1) is 0 Å². The molecule has 0 spiro atoms. The number of nitrogens with zero attached hydrogens (tertiary/aromatic N) is 3. The Balaban J connectivity index is 1.63. The Hall–Kier alpha value is -3.01. The minimum atomic E-state index is -0.250. The second-order valence-electron chi connectivity index (χ2n) is 8.06. The van der Waals surface area contributed by atoms with Crippen molar-refractivity contribution in [3.8, 4) is 0 Å². The molecule has 1 fully saturated rings. The number of thioether (sulfide) groups is 1. The third kappa shape index (κ3) is 5.55. The summed E-state index contributed by atoms with van der Waals surface area (Å²) in [6.07, 6.45) is 4.19. The predicted octanol–water partition coefficient (Wildman–Crippen LogP) is 4.32. The highest BCUT2D eigenvalue weighted by atomic mass is 32.2. The highest BCUT2D eigenvalue weighted by molar-refractivity contribution is 8.26. The van der Waals surface area contributed by atoms with E-state index in [1.54, 1.807) is 29.3 Å². The van der Waals surface area contributed by atoms with Crippen LogP contribution in [-0.2, 0) is 16.1 Å². The molecule has 3 aromatic rings. The summed E-state index contributed by atoms with van der Waals surface area (Å²) in [5.41, 5.74) is 1.59. The molecule has 1 N–H and O–H groups in total. The van der Waals surface area contributed by atoms with Gasteiger partial charge in [0, 0.05) is 19.3 Å². The zero-order valence-corrected chi connectivity index (χ0v) is 20.7. The van der Waals surface area contributed by atoms with Gasteiger partial charge < -0.3 is 10.1 Å². The summed E-state index contributed by atoms with van der Waals surface area (Å²) < 4.78 is 7.53. The van der Waals surface area contributed by atoms with Crippen molar-refractivity contribution >= 4 is 51.7 Å². The second kappa shape index (κ2) is 10.9. The second-order valence-corrected chi connectivity index (χ2v) is 9.74. The molecule has 0 unspecified atom stereocenters. The molecule has 4 rings (SSSR count). The fourth-order valence-electron chi connectivity index (χ4n) is 3.50. The highest BCUT2D eigenvalue weighted by Gasteiger charge is 2.32. The van der Waals surface area contributed by atoms with Gasteiger partial charge in [-0.3, -0.25) is 18.9 Å². The Bertz CT molecular complexity index is 1290. The van der Waals surface area contributed by atoms with Crippen LogP contribution in [0.2, 0.25) is 0 Å². The summed E-state index contributed by atoms with van der Waals surface area (Å²) in [5, 5.41) is 3.25. The number of thiocarbonyl (C=S) groups is 1. The highest BCUT2D eigenvalue weighted by Crippen LogP contribution is 2.34. The van der Waals surface area contributed by atoms with E-state index in [4.69, 9.17) is 17.0 Å². The number of pyridine rings is 1. The molecule has 0 aliphatic carbocycles. The van der Waals surface area contributed by atoms with E-state index in [1.165, 1.54) is 16.2 Å². The number of carbonyl (C=O) groups is 1. The molecule has 0 radical (unpaired) electrons. The standard InChI is InChI=1S/C25H26N4O3S2/c1-17(2)32-14-8-12-26-22-19(23(30)28-13-7-6-11-21(28)27-22)15-20-24(31)29(25(33)34-20)16-18-9-4-3-5-10-18/h3-7,9-11,13,15,17,26H,8,12,14,16H2,1-2H3/b20-15-. The molecule has 3 heterocycles. The van der Waals surface area contributed by atoms with Crippen LogP contribution in [0.3, 0.4) is 0 Å². The molecule has 0 saturated carbocycles. The largest absolute Gasteiger partial charge is 0.379 e. The molecule has 0 atom stereocenters. The maximum atomic E-state index is 13.3. The van der Waals surface area contributed by atoms with Gasteiger partial charge in [0.2, 0.25) is 0 Å². The fourth-order valence-corrected chi connectivity index (χ4v) is 4.74. The van der Waals surface area contributed by atoms with Crippen LogP contribution in [0.25, 0.3) is 11.7 Å². The van der Waals surface area contributed by atoms with Crippen molar-refractivity contribution < 1.29 is 9.53 Å². The SMILES string of the molecule is CC(C)OCCCNc1nc2ccccn2c(=O)c1/C=C1\SC(=S)N(Cc2ccccc2)C1=O. The zero-order valence-electron chi connectivity index (χ0n) is 19.1. The molecule has 1 aromatic carbocycles. The molecule has 1 saturated heterocycles. The molecular formula is C25H26N4O3S2. The van der Waals surface area contributed by atoms with Crippen LogP contribution in [-0.4, -0.2) is 43.8 Å². The third-order valence-corrected chi connectivity index (χ3v) is 6.54. The number of benzene rings is 1. The van der Waals surface area contributed by atoms with Gasteiger partial charge in [-0.1, -0.05) is 60.4 Å². The van der Waals surface area contributed by atoms with Gasteiger partial charge in [0.25, 0.3) is 11.5 Å². The quantitative estimate of drug-likeness (QED) is 0.270. The van der Waals surface area contributed by atoms with Crippen molar-refractivity contribution in [2.45, 2.75) is 32.9 Å². The number of fused-ring (bicyclic) bond motifs is 1. The number of aromatic nitrogens is 2. The number of carbonyl (C=O) groups excluding carboxylic acids is 1. The molecule has 1 aliphatic rings. The van der Waals surface area contributed by atoms with Crippen molar-refractivity contribution in [1.82, 2.24) is 14.3 Å². The summed E-state index contributed by atoms with van der Waals surface area (Å²) in [5.74, 6) is 0.224. The maximum Gasteiger partial charge on any atom is 0.267 e. The van der Waals surface area contributed by atoms with Crippen LogP contribution >= 0.6 is 24.0 Å². The van der Waals surface area contributed by atoms with Gasteiger partial charge >= 0.3 is 0 Å². The Morgan fingerprint density at radius 2 is 1.91 bits per heavy atom. The van der Waals surface area contributed by atoms with Crippen molar-refractivity contribution in [3.63, 3.8) is 0 Å². The fraction of sp³-hybridized carbons (Fsp3) is 0.280. The van der Waals surface area contributed by atoms with Crippen LogP contribution in [0.15, 0.2) is 64.4 Å². The first kappa shape index (κ1) is 24.1. The van der Waals surface area contributed by atoms with Gasteiger partial charge in [0.05, 0.1) is 23.1 Å². The van der Waals surface area contributed by atoms with Gasteiger partial charge in [0.15, 0.2) is 0 Å². The average Bonchev–Trinajstić information content (AvgIpc) is 3.09. The first-order chi connectivity index (χ1) is 16.4. The van der Waals surface area contributed by atoms with Crippen LogP contribution in [0.1, 0.15) is 31.4 Å². The summed E-state index contributed by atoms with van der Waals surface area (Å²) in [6, 6.07) is 15.1. The molecule has 176 valence electrons. The number of hydrogen-bond acceptors (Lipinski definition) is 7. The molecule has 7 nitrogen and oxygen atoms in total. The minimum absolute atomic E-state index is 0.164. The number of hydrogen-bond donors (Lipinski definition) is 1.